The fourth-order valence-electron chi connectivity index (χ4n) is 2.90. The maximum absolute atomic E-state index is 12.7. The van der Waals surface area contributed by atoms with Gasteiger partial charge in [-0.2, -0.15) is 13.2 Å². The third-order valence-electron chi connectivity index (χ3n) is 4.08. The summed E-state index contributed by atoms with van der Waals surface area (Å²) in [5, 5.41) is 10.2. The number of alkyl halides is 3. The first-order valence-electron chi connectivity index (χ1n) is 8.00. The molecule has 0 fully saturated rings. The molecule has 5 nitrogen and oxygen atoms in total. The van der Waals surface area contributed by atoms with Crippen LogP contribution in [0.15, 0.2) is 30.0 Å². The Kier molecular flexibility index (Phi) is 6.07. The Morgan fingerprint density at radius 2 is 1.88 bits per heavy atom. The van der Waals surface area contributed by atoms with Crippen molar-refractivity contribution in [2.75, 3.05) is 26.3 Å². The second-order valence-electron chi connectivity index (χ2n) is 5.66. The molecule has 1 aromatic carbocycles. The van der Waals surface area contributed by atoms with Gasteiger partial charge in [-0.15, -0.1) is 0 Å². The Labute approximate surface area is 143 Å². The SMILES string of the molecule is CCC1C(c2ccc(C(F)(F)F)cc2)=C(O)C(=O)N1CCOCCN. The zero-order valence-electron chi connectivity index (χ0n) is 13.8. The molecule has 0 aliphatic carbocycles. The van der Waals surface area contributed by atoms with Crippen LogP contribution in [0.3, 0.4) is 0 Å². The monoisotopic (exact) mass is 358 g/mol. The van der Waals surface area contributed by atoms with Gasteiger partial charge in [-0.1, -0.05) is 19.1 Å². The lowest BCUT2D eigenvalue weighted by Gasteiger charge is -2.25. The molecule has 1 aliphatic heterocycles. The molecule has 138 valence electrons. The molecule has 0 aromatic heterocycles. The van der Waals surface area contributed by atoms with Gasteiger partial charge in [-0.25, -0.2) is 0 Å². The highest BCUT2D eigenvalue weighted by atomic mass is 19.4. The van der Waals surface area contributed by atoms with Crippen LogP contribution >= 0.6 is 0 Å². The molecule has 0 spiro atoms. The van der Waals surface area contributed by atoms with Crippen molar-refractivity contribution < 1.29 is 27.8 Å². The first-order valence-corrected chi connectivity index (χ1v) is 8.00. The lowest BCUT2D eigenvalue weighted by Crippen LogP contribution is -2.38. The Bertz CT molecular complexity index is 642. The highest BCUT2D eigenvalue weighted by Gasteiger charge is 2.39. The summed E-state index contributed by atoms with van der Waals surface area (Å²) in [5.74, 6) is -0.969. The third-order valence-corrected chi connectivity index (χ3v) is 4.08. The average Bonchev–Trinajstić information content (AvgIpc) is 2.82. The van der Waals surface area contributed by atoms with Crippen molar-refractivity contribution in [3.8, 4) is 0 Å². The molecule has 3 N–H and O–H groups in total. The van der Waals surface area contributed by atoms with Crippen molar-refractivity contribution in [1.29, 1.82) is 0 Å². The highest BCUT2D eigenvalue weighted by Crippen LogP contribution is 2.36. The number of hydrogen-bond acceptors (Lipinski definition) is 4. The van der Waals surface area contributed by atoms with Crippen LogP contribution in [0.4, 0.5) is 13.2 Å². The maximum atomic E-state index is 12.7. The standard InChI is InChI=1S/C17H21F3N2O3/c1-2-13-14(11-3-5-12(6-4-11)17(18,19)20)15(23)16(24)22(13)8-10-25-9-7-21/h3-6,13,23H,2,7-10,21H2,1H3. The van der Waals surface area contributed by atoms with Crippen molar-refractivity contribution in [2.24, 2.45) is 5.73 Å². The first-order chi connectivity index (χ1) is 11.8. The van der Waals surface area contributed by atoms with E-state index in [1.54, 1.807) is 0 Å². The van der Waals surface area contributed by atoms with Crippen molar-refractivity contribution in [2.45, 2.75) is 25.6 Å². The van der Waals surface area contributed by atoms with E-state index in [2.05, 4.69) is 0 Å². The second-order valence-corrected chi connectivity index (χ2v) is 5.66. The molecule has 2 rings (SSSR count). The Balaban J connectivity index is 2.22. The van der Waals surface area contributed by atoms with Crippen molar-refractivity contribution >= 4 is 11.5 Å². The van der Waals surface area contributed by atoms with Gasteiger partial charge in [-0.3, -0.25) is 4.79 Å². The maximum Gasteiger partial charge on any atom is 0.416 e. The first kappa shape index (κ1) is 19.3. The van der Waals surface area contributed by atoms with E-state index in [9.17, 15) is 23.1 Å². The Morgan fingerprint density at radius 3 is 2.40 bits per heavy atom. The Morgan fingerprint density at radius 1 is 1.24 bits per heavy atom. The van der Waals surface area contributed by atoms with E-state index in [0.717, 1.165) is 12.1 Å². The quantitative estimate of drug-likeness (QED) is 0.735. The van der Waals surface area contributed by atoms with E-state index in [0.29, 0.717) is 30.7 Å². The van der Waals surface area contributed by atoms with Gasteiger partial charge in [-0.05, 0) is 24.1 Å². The van der Waals surface area contributed by atoms with Gasteiger partial charge < -0.3 is 20.5 Å². The lowest BCUT2D eigenvalue weighted by molar-refractivity contribution is -0.137. The van der Waals surface area contributed by atoms with E-state index in [1.165, 1.54) is 17.0 Å². The van der Waals surface area contributed by atoms with Crippen molar-refractivity contribution in [3.63, 3.8) is 0 Å². The van der Waals surface area contributed by atoms with Crippen molar-refractivity contribution in [3.05, 3.63) is 41.2 Å². The van der Waals surface area contributed by atoms with Gasteiger partial charge in [0.05, 0.1) is 24.8 Å². The van der Waals surface area contributed by atoms with Crippen LogP contribution in [-0.2, 0) is 15.7 Å². The highest BCUT2D eigenvalue weighted by molar-refractivity contribution is 6.05. The van der Waals surface area contributed by atoms with Crippen LogP contribution < -0.4 is 5.73 Å². The molecular weight excluding hydrogens is 337 g/mol. The van der Waals surface area contributed by atoms with E-state index in [-0.39, 0.29) is 13.2 Å². The zero-order valence-corrected chi connectivity index (χ0v) is 13.8. The van der Waals surface area contributed by atoms with Gasteiger partial charge >= 0.3 is 6.18 Å². The van der Waals surface area contributed by atoms with Crippen LogP contribution in [0.25, 0.3) is 5.57 Å². The molecule has 8 heteroatoms. The Hall–Kier alpha value is -2.06. The molecule has 0 saturated carbocycles. The summed E-state index contributed by atoms with van der Waals surface area (Å²) in [6, 6.07) is 4.03. The van der Waals surface area contributed by atoms with Crippen molar-refractivity contribution in [1.82, 2.24) is 4.90 Å². The third kappa shape index (κ3) is 4.13. The minimum Gasteiger partial charge on any atom is -0.503 e. The summed E-state index contributed by atoms with van der Waals surface area (Å²) in [5.41, 5.74) is 5.30. The zero-order chi connectivity index (χ0) is 18.6. The van der Waals surface area contributed by atoms with E-state index >= 15 is 0 Å². The number of ether oxygens (including phenoxy) is 1. The fourth-order valence-corrected chi connectivity index (χ4v) is 2.90. The molecule has 0 radical (unpaired) electrons. The number of rotatable bonds is 7. The summed E-state index contributed by atoms with van der Waals surface area (Å²) in [6.45, 7) is 3.11. The number of carbonyl (C=O) groups is 1. The van der Waals surface area contributed by atoms with Gasteiger partial charge in [0.1, 0.15) is 0 Å². The number of aliphatic hydroxyl groups excluding tert-OH is 1. The lowest BCUT2D eigenvalue weighted by atomic mass is 9.96. The van der Waals surface area contributed by atoms with E-state index in [4.69, 9.17) is 10.5 Å². The van der Waals surface area contributed by atoms with Gasteiger partial charge in [0, 0.05) is 18.7 Å². The van der Waals surface area contributed by atoms with Crippen LogP contribution in [0.2, 0.25) is 0 Å². The minimum absolute atomic E-state index is 0.269. The topological polar surface area (TPSA) is 75.8 Å². The number of carbonyl (C=O) groups excluding carboxylic acids is 1. The molecular formula is C17H21F3N2O3. The van der Waals surface area contributed by atoms with Gasteiger partial charge in [0.2, 0.25) is 0 Å². The number of halogens is 3. The average molecular weight is 358 g/mol. The number of amides is 1. The summed E-state index contributed by atoms with van der Waals surface area (Å²) < 4.78 is 43.4. The van der Waals surface area contributed by atoms with Gasteiger partial charge in [0.15, 0.2) is 5.76 Å². The molecule has 0 bridgehead atoms. The normalized spacial score (nSPS) is 18.4. The molecule has 1 atom stereocenters. The number of aliphatic hydroxyl groups is 1. The fraction of sp³-hybridized carbons (Fsp3) is 0.471. The molecule has 0 saturated heterocycles. The number of nitrogens with two attached hydrogens (primary N) is 1. The number of hydrogen-bond donors (Lipinski definition) is 2. The van der Waals surface area contributed by atoms with E-state index in [1.807, 2.05) is 6.92 Å². The summed E-state index contributed by atoms with van der Waals surface area (Å²) in [6.07, 6.45) is -3.92. The predicted octanol–water partition coefficient (Wildman–Crippen LogP) is 2.57. The van der Waals surface area contributed by atoms with Crippen LogP contribution in [0, 0.1) is 0 Å². The van der Waals surface area contributed by atoms with Crippen LogP contribution in [-0.4, -0.2) is 48.3 Å². The molecule has 1 heterocycles. The smallest absolute Gasteiger partial charge is 0.416 e. The minimum atomic E-state index is -4.43. The number of benzene rings is 1. The summed E-state index contributed by atoms with van der Waals surface area (Å²) >= 11 is 0. The molecule has 25 heavy (non-hydrogen) atoms. The van der Waals surface area contributed by atoms with Crippen LogP contribution in [0.1, 0.15) is 24.5 Å². The summed E-state index contributed by atoms with van der Waals surface area (Å²) in [4.78, 5) is 13.8. The molecule has 1 unspecified atom stereocenters. The van der Waals surface area contributed by atoms with Crippen LogP contribution in [0.5, 0.6) is 0 Å². The van der Waals surface area contributed by atoms with Gasteiger partial charge in [0.25, 0.3) is 5.91 Å². The molecule has 1 aliphatic rings. The summed E-state index contributed by atoms with van der Waals surface area (Å²) in [7, 11) is 0. The second kappa shape index (κ2) is 7.88. The predicted molar refractivity (Wildman–Crippen MR) is 86.7 cm³/mol. The largest absolute Gasteiger partial charge is 0.503 e. The molecule has 1 aromatic rings. The molecule has 1 amide bonds. The number of nitrogens with zero attached hydrogens (tertiary/aromatic N) is 1. The van der Waals surface area contributed by atoms with E-state index < -0.39 is 29.4 Å².